The summed E-state index contributed by atoms with van der Waals surface area (Å²) in [6.45, 7) is 9.17. The molecule has 0 radical (unpaired) electrons. The van der Waals surface area contributed by atoms with Gasteiger partial charge in [0.1, 0.15) is 0 Å². The van der Waals surface area contributed by atoms with Gasteiger partial charge in [0.15, 0.2) is 0 Å². The molecule has 100 valence electrons. The molecule has 2 unspecified atom stereocenters. The highest BCUT2D eigenvalue weighted by Crippen LogP contribution is 2.45. The maximum atomic E-state index is 3.53. The summed E-state index contributed by atoms with van der Waals surface area (Å²) >= 11 is 2.03. The van der Waals surface area contributed by atoms with E-state index >= 15 is 0 Å². The van der Waals surface area contributed by atoms with Crippen molar-refractivity contribution < 1.29 is 0 Å². The van der Waals surface area contributed by atoms with Gasteiger partial charge >= 0.3 is 0 Å². The Bertz CT molecular complexity index is 390. The van der Waals surface area contributed by atoms with Crippen LogP contribution in [0.25, 0.3) is 0 Å². The van der Waals surface area contributed by atoms with Crippen LogP contribution in [0, 0.1) is 5.41 Å². The van der Waals surface area contributed by atoms with Crippen molar-refractivity contribution in [3.63, 3.8) is 0 Å². The summed E-state index contributed by atoms with van der Waals surface area (Å²) in [6.07, 6.45) is 2.56. The van der Waals surface area contributed by atoms with Crippen molar-refractivity contribution in [2.24, 2.45) is 5.41 Å². The van der Waals surface area contributed by atoms with E-state index in [0.29, 0.717) is 5.41 Å². The Morgan fingerprint density at radius 2 is 2.11 bits per heavy atom. The van der Waals surface area contributed by atoms with E-state index in [4.69, 9.17) is 0 Å². The van der Waals surface area contributed by atoms with Gasteiger partial charge in [-0.15, -0.1) is 11.8 Å². The lowest BCUT2D eigenvalue weighted by molar-refractivity contribution is 0.256. The molecule has 0 fully saturated rings. The van der Waals surface area contributed by atoms with Crippen LogP contribution < -0.4 is 5.32 Å². The minimum absolute atomic E-state index is 0.429. The molecule has 1 aliphatic rings. The second kappa shape index (κ2) is 6.12. The van der Waals surface area contributed by atoms with Crippen LogP contribution in [-0.4, -0.2) is 18.8 Å². The molecule has 18 heavy (non-hydrogen) atoms. The quantitative estimate of drug-likeness (QED) is 0.821. The van der Waals surface area contributed by atoms with Crippen molar-refractivity contribution in [3.05, 3.63) is 29.8 Å². The molecule has 0 aliphatic carbocycles. The summed E-state index contributed by atoms with van der Waals surface area (Å²) < 4.78 is 0. The average Bonchev–Trinajstić information content (AvgIpc) is 2.80. The lowest BCUT2D eigenvalue weighted by atomic mass is 9.77. The van der Waals surface area contributed by atoms with Crippen molar-refractivity contribution in [2.75, 3.05) is 18.8 Å². The summed E-state index contributed by atoms with van der Waals surface area (Å²) in [5, 5.41) is 3.53. The molecule has 2 rings (SSSR count). The fourth-order valence-corrected chi connectivity index (χ4v) is 4.02. The number of hydrogen-bond donors (Lipinski definition) is 1. The minimum atomic E-state index is 0.429. The van der Waals surface area contributed by atoms with Gasteiger partial charge in [-0.2, -0.15) is 0 Å². The third kappa shape index (κ3) is 3.10. The topological polar surface area (TPSA) is 12.0 Å². The fourth-order valence-electron chi connectivity index (χ4n) is 2.76. The van der Waals surface area contributed by atoms with Gasteiger partial charge in [0.2, 0.25) is 0 Å². The van der Waals surface area contributed by atoms with Crippen LogP contribution in [-0.2, 0) is 0 Å². The second-order valence-electron chi connectivity index (χ2n) is 5.69. The van der Waals surface area contributed by atoms with Gasteiger partial charge in [0, 0.05) is 17.2 Å². The summed E-state index contributed by atoms with van der Waals surface area (Å²) in [7, 11) is 0. The first-order valence-electron chi connectivity index (χ1n) is 7.11. The Labute approximate surface area is 116 Å². The lowest BCUT2D eigenvalue weighted by Gasteiger charge is -2.31. The minimum Gasteiger partial charge on any atom is -0.316 e. The van der Waals surface area contributed by atoms with Crippen LogP contribution in [0.3, 0.4) is 0 Å². The number of thioether (sulfide) groups is 1. The Balaban J connectivity index is 2.05. The lowest BCUT2D eigenvalue weighted by Crippen LogP contribution is -2.32. The molecule has 1 aromatic rings. The molecule has 1 nitrogen and oxygen atoms in total. The molecule has 0 spiro atoms. The zero-order valence-electron chi connectivity index (χ0n) is 11.8. The Hall–Kier alpha value is -0.470. The molecule has 1 heterocycles. The van der Waals surface area contributed by atoms with Crippen LogP contribution in [0.4, 0.5) is 0 Å². The van der Waals surface area contributed by atoms with E-state index in [1.165, 1.54) is 23.5 Å². The predicted molar refractivity (Wildman–Crippen MR) is 81.5 cm³/mol. The van der Waals surface area contributed by atoms with Crippen LogP contribution in [0.15, 0.2) is 29.2 Å². The standard InChI is InChI=1S/C16H25NS/c1-4-16(3,12-17-5-2)10-13-11-18-15-9-7-6-8-14(13)15/h6-9,13,17H,4-5,10-12H2,1-3H3. The number of fused-ring (bicyclic) bond motifs is 1. The van der Waals surface area contributed by atoms with E-state index in [1.54, 1.807) is 5.56 Å². The number of benzene rings is 1. The molecule has 0 saturated heterocycles. The second-order valence-corrected chi connectivity index (χ2v) is 6.76. The molecule has 2 atom stereocenters. The Kier molecular flexibility index (Phi) is 4.74. The maximum Gasteiger partial charge on any atom is 0.0107 e. The van der Waals surface area contributed by atoms with Gasteiger partial charge in [0.05, 0.1) is 0 Å². The normalized spacial score (nSPS) is 21.6. The summed E-state index contributed by atoms with van der Waals surface area (Å²) in [5.41, 5.74) is 2.01. The number of nitrogens with one attached hydrogen (secondary N) is 1. The Morgan fingerprint density at radius 1 is 1.33 bits per heavy atom. The van der Waals surface area contributed by atoms with Crippen molar-refractivity contribution >= 4 is 11.8 Å². The highest BCUT2D eigenvalue weighted by atomic mass is 32.2. The monoisotopic (exact) mass is 263 g/mol. The van der Waals surface area contributed by atoms with Crippen molar-refractivity contribution in [1.29, 1.82) is 0 Å². The zero-order valence-corrected chi connectivity index (χ0v) is 12.6. The third-order valence-corrected chi connectivity index (χ3v) is 5.45. The zero-order chi connectivity index (χ0) is 13.0. The third-order valence-electron chi connectivity index (χ3n) is 4.19. The average molecular weight is 263 g/mol. The molecule has 0 bridgehead atoms. The largest absolute Gasteiger partial charge is 0.316 e. The van der Waals surface area contributed by atoms with E-state index in [2.05, 4.69) is 50.4 Å². The first-order valence-corrected chi connectivity index (χ1v) is 8.09. The van der Waals surface area contributed by atoms with Crippen LogP contribution in [0.1, 0.15) is 45.1 Å². The Morgan fingerprint density at radius 3 is 2.83 bits per heavy atom. The molecule has 1 aliphatic heterocycles. The molecular weight excluding hydrogens is 238 g/mol. The molecule has 0 aromatic heterocycles. The molecule has 0 saturated carbocycles. The molecule has 1 N–H and O–H groups in total. The highest BCUT2D eigenvalue weighted by Gasteiger charge is 2.31. The van der Waals surface area contributed by atoms with Crippen LogP contribution in [0.2, 0.25) is 0 Å². The van der Waals surface area contributed by atoms with Gasteiger partial charge in [-0.1, -0.05) is 39.0 Å². The predicted octanol–water partition coefficient (Wildman–Crippen LogP) is 4.29. The van der Waals surface area contributed by atoms with Crippen molar-refractivity contribution in [2.45, 2.75) is 44.4 Å². The first kappa shape index (κ1) is 14.0. The molecule has 0 amide bonds. The number of rotatable bonds is 6. The molecule has 1 aromatic carbocycles. The fraction of sp³-hybridized carbons (Fsp3) is 0.625. The molecule has 2 heteroatoms. The highest BCUT2D eigenvalue weighted by molar-refractivity contribution is 7.99. The summed E-state index contributed by atoms with van der Waals surface area (Å²) in [6, 6.07) is 8.94. The smallest absolute Gasteiger partial charge is 0.0107 e. The van der Waals surface area contributed by atoms with Gasteiger partial charge < -0.3 is 5.32 Å². The van der Waals surface area contributed by atoms with Crippen LogP contribution >= 0.6 is 11.8 Å². The first-order chi connectivity index (χ1) is 8.68. The number of hydrogen-bond acceptors (Lipinski definition) is 2. The summed E-state index contributed by atoms with van der Waals surface area (Å²) in [5.74, 6) is 2.01. The van der Waals surface area contributed by atoms with E-state index in [-0.39, 0.29) is 0 Å². The maximum absolute atomic E-state index is 3.53. The van der Waals surface area contributed by atoms with E-state index in [9.17, 15) is 0 Å². The van der Waals surface area contributed by atoms with Crippen LogP contribution in [0.5, 0.6) is 0 Å². The van der Waals surface area contributed by atoms with E-state index < -0.39 is 0 Å². The van der Waals surface area contributed by atoms with Gasteiger partial charge in [0.25, 0.3) is 0 Å². The van der Waals surface area contributed by atoms with E-state index in [0.717, 1.165) is 19.0 Å². The SMILES string of the molecule is CCNCC(C)(CC)CC1CSc2ccccc21. The van der Waals surface area contributed by atoms with E-state index in [1.807, 2.05) is 11.8 Å². The van der Waals surface area contributed by atoms with Gasteiger partial charge in [-0.25, -0.2) is 0 Å². The van der Waals surface area contributed by atoms with Gasteiger partial charge in [-0.3, -0.25) is 0 Å². The molecular formula is C16H25NS. The van der Waals surface area contributed by atoms with Crippen molar-refractivity contribution in [3.8, 4) is 0 Å². The summed E-state index contributed by atoms with van der Waals surface area (Å²) in [4.78, 5) is 1.50. The van der Waals surface area contributed by atoms with Crippen molar-refractivity contribution in [1.82, 2.24) is 5.32 Å². The van der Waals surface area contributed by atoms with Gasteiger partial charge in [-0.05, 0) is 42.3 Å².